The number of anilines is 1. The molecule has 0 radical (unpaired) electrons. The van der Waals surface area contributed by atoms with Gasteiger partial charge >= 0.3 is 0 Å². The van der Waals surface area contributed by atoms with Gasteiger partial charge in [-0.2, -0.15) is 0 Å². The molecule has 27 heavy (non-hydrogen) atoms. The van der Waals surface area contributed by atoms with Crippen LogP contribution in [0.25, 0.3) is 0 Å². The van der Waals surface area contributed by atoms with E-state index in [4.69, 9.17) is 16.3 Å². The van der Waals surface area contributed by atoms with Crippen molar-refractivity contribution in [3.8, 4) is 5.75 Å². The monoisotopic (exact) mass is 387 g/mol. The molecule has 144 valence electrons. The predicted octanol–water partition coefficient (Wildman–Crippen LogP) is 3.28. The van der Waals surface area contributed by atoms with Gasteiger partial charge in [0.1, 0.15) is 12.4 Å². The standard InChI is InChI=1S/C21H26ClN3O2/c1-17-6-2-4-8-19(17)23-21(26)16-25-12-10-24(11-13-25)14-15-27-20-9-5-3-7-18(20)22/h2-9H,10-16H2,1H3,(H,23,26). The largest absolute Gasteiger partial charge is 0.491 e. The molecule has 1 amide bonds. The Hall–Kier alpha value is -2.08. The first-order valence-corrected chi connectivity index (χ1v) is 9.67. The molecule has 0 bridgehead atoms. The lowest BCUT2D eigenvalue weighted by Gasteiger charge is -2.34. The number of aryl methyl sites for hydroxylation is 1. The third-order valence-corrected chi connectivity index (χ3v) is 5.07. The van der Waals surface area contributed by atoms with Crippen LogP contribution in [0.15, 0.2) is 48.5 Å². The fourth-order valence-electron chi connectivity index (χ4n) is 3.12. The van der Waals surface area contributed by atoms with E-state index in [1.54, 1.807) is 0 Å². The highest BCUT2D eigenvalue weighted by Gasteiger charge is 2.19. The quantitative estimate of drug-likeness (QED) is 0.791. The molecule has 1 N–H and O–H groups in total. The zero-order valence-electron chi connectivity index (χ0n) is 15.7. The van der Waals surface area contributed by atoms with E-state index in [2.05, 4.69) is 15.1 Å². The minimum atomic E-state index is 0.0415. The zero-order chi connectivity index (χ0) is 19.1. The van der Waals surface area contributed by atoms with Crippen LogP contribution in [0.3, 0.4) is 0 Å². The smallest absolute Gasteiger partial charge is 0.238 e. The second-order valence-corrected chi connectivity index (χ2v) is 7.17. The highest BCUT2D eigenvalue weighted by atomic mass is 35.5. The number of piperazine rings is 1. The first kappa shape index (κ1) is 19.7. The van der Waals surface area contributed by atoms with Crippen LogP contribution in [0, 0.1) is 6.92 Å². The van der Waals surface area contributed by atoms with Crippen LogP contribution in [0.5, 0.6) is 5.75 Å². The molecule has 5 nitrogen and oxygen atoms in total. The minimum absolute atomic E-state index is 0.0415. The van der Waals surface area contributed by atoms with E-state index >= 15 is 0 Å². The Labute approximate surface area is 165 Å². The Kier molecular flexibility index (Phi) is 7.10. The van der Waals surface area contributed by atoms with Crippen molar-refractivity contribution in [3.63, 3.8) is 0 Å². The molecular formula is C21H26ClN3O2. The highest BCUT2D eigenvalue weighted by molar-refractivity contribution is 6.32. The summed E-state index contributed by atoms with van der Waals surface area (Å²) in [7, 11) is 0. The molecular weight excluding hydrogens is 362 g/mol. The van der Waals surface area contributed by atoms with Gasteiger partial charge in [0.15, 0.2) is 0 Å². The number of hydrogen-bond acceptors (Lipinski definition) is 4. The molecule has 0 atom stereocenters. The van der Waals surface area contributed by atoms with E-state index in [1.165, 1.54) is 0 Å². The fourth-order valence-corrected chi connectivity index (χ4v) is 3.31. The van der Waals surface area contributed by atoms with Crippen molar-refractivity contribution < 1.29 is 9.53 Å². The van der Waals surface area contributed by atoms with Crippen LogP contribution in [0.2, 0.25) is 5.02 Å². The third-order valence-electron chi connectivity index (χ3n) is 4.75. The van der Waals surface area contributed by atoms with Gasteiger partial charge in [-0.25, -0.2) is 0 Å². The Morgan fingerprint density at radius 3 is 2.44 bits per heavy atom. The molecule has 3 rings (SSSR count). The first-order valence-electron chi connectivity index (χ1n) is 9.29. The van der Waals surface area contributed by atoms with Crippen molar-refractivity contribution in [1.82, 2.24) is 9.80 Å². The molecule has 0 spiro atoms. The number of benzene rings is 2. The van der Waals surface area contributed by atoms with Crippen LogP contribution in [-0.2, 0) is 4.79 Å². The van der Waals surface area contributed by atoms with E-state index in [-0.39, 0.29) is 5.91 Å². The number of ether oxygens (including phenoxy) is 1. The van der Waals surface area contributed by atoms with Crippen molar-refractivity contribution >= 4 is 23.2 Å². The Morgan fingerprint density at radius 1 is 1.04 bits per heavy atom. The maximum atomic E-state index is 12.3. The Balaban J connectivity index is 1.36. The molecule has 1 saturated heterocycles. The molecule has 0 unspecified atom stereocenters. The molecule has 1 fully saturated rings. The number of hydrogen-bond donors (Lipinski definition) is 1. The van der Waals surface area contributed by atoms with Crippen molar-refractivity contribution in [3.05, 3.63) is 59.1 Å². The zero-order valence-corrected chi connectivity index (χ0v) is 16.4. The summed E-state index contributed by atoms with van der Waals surface area (Å²) < 4.78 is 5.76. The van der Waals surface area contributed by atoms with E-state index in [0.717, 1.165) is 49.7 Å². The average Bonchev–Trinajstić information content (AvgIpc) is 2.66. The topological polar surface area (TPSA) is 44.8 Å². The summed E-state index contributed by atoms with van der Waals surface area (Å²) in [6.45, 7) is 7.52. The molecule has 1 heterocycles. The summed E-state index contributed by atoms with van der Waals surface area (Å²) >= 11 is 6.10. The van der Waals surface area contributed by atoms with Gasteiger partial charge < -0.3 is 10.1 Å². The molecule has 1 aliphatic rings. The average molecular weight is 388 g/mol. The number of carbonyl (C=O) groups is 1. The van der Waals surface area contributed by atoms with Crippen molar-refractivity contribution in [2.75, 3.05) is 51.2 Å². The van der Waals surface area contributed by atoms with E-state index in [0.29, 0.717) is 18.2 Å². The minimum Gasteiger partial charge on any atom is -0.491 e. The highest BCUT2D eigenvalue weighted by Crippen LogP contribution is 2.22. The molecule has 6 heteroatoms. The number of carbonyl (C=O) groups excluding carboxylic acids is 1. The lowest BCUT2D eigenvalue weighted by Crippen LogP contribution is -2.49. The van der Waals surface area contributed by atoms with Gasteiger partial charge in [-0.15, -0.1) is 0 Å². The SMILES string of the molecule is Cc1ccccc1NC(=O)CN1CCN(CCOc2ccccc2Cl)CC1. The summed E-state index contributed by atoms with van der Waals surface area (Å²) in [5, 5.41) is 3.64. The first-order chi connectivity index (χ1) is 13.1. The van der Waals surface area contributed by atoms with Crippen molar-refractivity contribution in [1.29, 1.82) is 0 Å². The van der Waals surface area contributed by atoms with Gasteiger partial charge in [-0.05, 0) is 30.7 Å². The van der Waals surface area contributed by atoms with Crippen LogP contribution in [0.1, 0.15) is 5.56 Å². The molecule has 0 aliphatic carbocycles. The lowest BCUT2D eigenvalue weighted by atomic mass is 10.2. The Morgan fingerprint density at radius 2 is 1.70 bits per heavy atom. The summed E-state index contributed by atoms with van der Waals surface area (Å²) in [6, 6.07) is 15.4. The van der Waals surface area contributed by atoms with E-state index < -0.39 is 0 Å². The predicted molar refractivity (Wildman–Crippen MR) is 110 cm³/mol. The van der Waals surface area contributed by atoms with E-state index in [1.807, 2.05) is 55.5 Å². The van der Waals surface area contributed by atoms with E-state index in [9.17, 15) is 4.79 Å². The van der Waals surface area contributed by atoms with Crippen molar-refractivity contribution in [2.24, 2.45) is 0 Å². The second-order valence-electron chi connectivity index (χ2n) is 6.76. The number of halogens is 1. The normalized spacial score (nSPS) is 15.5. The summed E-state index contributed by atoms with van der Waals surface area (Å²) in [6.07, 6.45) is 0. The summed E-state index contributed by atoms with van der Waals surface area (Å²) in [5.74, 6) is 0.769. The fraction of sp³-hybridized carbons (Fsp3) is 0.381. The van der Waals surface area contributed by atoms with Crippen molar-refractivity contribution in [2.45, 2.75) is 6.92 Å². The van der Waals surface area contributed by atoms with Crippen LogP contribution < -0.4 is 10.1 Å². The number of nitrogens with one attached hydrogen (secondary N) is 1. The maximum absolute atomic E-state index is 12.3. The van der Waals surface area contributed by atoms with Crippen LogP contribution in [0.4, 0.5) is 5.69 Å². The number of nitrogens with zero attached hydrogens (tertiary/aromatic N) is 2. The second kappa shape index (κ2) is 9.74. The molecule has 1 aliphatic heterocycles. The maximum Gasteiger partial charge on any atom is 0.238 e. The number of amides is 1. The van der Waals surface area contributed by atoms with Gasteiger partial charge in [0.2, 0.25) is 5.91 Å². The van der Waals surface area contributed by atoms with Crippen LogP contribution in [-0.4, -0.2) is 61.6 Å². The Bertz CT molecular complexity index is 761. The molecule has 2 aromatic rings. The number of rotatable bonds is 7. The third kappa shape index (κ3) is 5.96. The summed E-state index contributed by atoms with van der Waals surface area (Å²) in [5.41, 5.74) is 1.96. The van der Waals surface area contributed by atoms with Gasteiger partial charge in [0.25, 0.3) is 0 Å². The van der Waals surface area contributed by atoms with Crippen LogP contribution >= 0.6 is 11.6 Å². The van der Waals surface area contributed by atoms with Gasteiger partial charge in [-0.1, -0.05) is 41.9 Å². The van der Waals surface area contributed by atoms with Gasteiger partial charge in [0.05, 0.1) is 11.6 Å². The molecule has 0 aromatic heterocycles. The molecule has 0 saturated carbocycles. The van der Waals surface area contributed by atoms with Gasteiger partial charge in [0, 0.05) is 38.4 Å². The molecule has 2 aromatic carbocycles. The lowest BCUT2D eigenvalue weighted by molar-refractivity contribution is -0.117. The van der Waals surface area contributed by atoms with Gasteiger partial charge in [-0.3, -0.25) is 14.6 Å². The summed E-state index contributed by atoms with van der Waals surface area (Å²) in [4.78, 5) is 16.8. The number of para-hydroxylation sites is 2.